The van der Waals surface area contributed by atoms with E-state index in [1.54, 1.807) is 10.9 Å². The Morgan fingerprint density at radius 3 is 2.84 bits per heavy atom. The zero-order chi connectivity index (χ0) is 14.3. The molecule has 0 aromatic carbocycles. The fourth-order valence-electron chi connectivity index (χ4n) is 1.44. The number of carbonyl (C=O) groups excluding carboxylic acids is 1. The molecule has 7 heteroatoms. The molecule has 1 amide bonds. The van der Waals surface area contributed by atoms with Gasteiger partial charge in [0.1, 0.15) is 0 Å². The summed E-state index contributed by atoms with van der Waals surface area (Å²) < 4.78 is 7.01. The van der Waals surface area contributed by atoms with Gasteiger partial charge in [-0.1, -0.05) is 0 Å². The molecular formula is C12H23N5O2. The van der Waals surface area contributed by atoms with Gasteiger partial charge in [-0.25, -0.2) is 0 Å². The molecule has 1 aromatic heterocycles. The number of nitrogen functional groups attached to an aromatic ring is 1. The molecule has 19 heavy (non-hydrogen) atoms. The van der Waals surface area contributed by atoms with Crippen molar-refractivity contribution in [3.05, 3.63) is 11.9 Å². The molecule has 0 unspecified atom stereocenters. The smallest absolute Gasteiger partial charge is 0.274 e. The van der Waals surface area contributed by atoms with E-state index in [0.717, 1.165) is 6.54 Å². The molecule has 3 N–H and O–H groups in total. The predicted molar refractivity (Wildman–Crippen MR) is 74.0 cm³/mol. The zero-order valence-electron chi connectivity index (χ0n) is 11.8. The Morgan fingerprint density at radius 1 is 1.53 bits per heavy atom. The van der Waals surface area contributed by atoms with Gasteiger partial charge in [-0.2, -0.15) is 5.10 Å². The first-order chi connectivity index (χ1) is 9.04. The molecule has 0 bridgehead atoms. The molecule has 0 atom stereocenters. The van der Waals surface area contributed by atoms with Crippen molar-refractivity contribution < 1.29 is 9.53 Å². The molecule has 1 rings (SSSR count). The van der Waals surface area contributed by atoms with Crippen LogP contribution in [0.15, 0.2) is 6.20 Å². The van der Waals surface area contributed by atoms with Crippen molar-refractivity contribution in [2.75, 3.05) is 46.1 Å². The van der Waals surface area contributed by atoms with Crippen molar-refractivity contribution in [1.29, 1.82) is 0 Å². The topological polar surface area (TPSA) is 85.4 Å². The summed E-state index contributed by atoms with van der Waals surface area (Å²) in [6.45, 7) is 5.06. The van der Waals surface area contributed by atoms with Crippen LogP contribution >= 0.6 is 0 Å². The second-order valence-corrected chi connectivity index (χ2v) is 4.46. The van der Waals surface area contributed by atoms with Crippen LogP contribution in [0.5, 0.6) is 0 Å². The van der Waals surface area contributed by atoms with E-state index >= 15 is 0 Å². The molecule has 0 aliphatic heterocycles. The molecule has 0 saturated carbocycles. The minimum Gasteiger partial charge on any atom is -0.396 e. The van der Waals surface area contributed by atoms with Crippen LogP contribution in [-0.4, -0.2) is 61.0 Å². The van der Waals surface area contributed by atoms with E-state index in [1.165, 1.54) is 0 Å². The third kappa shape index (κ3) is 5.27. The Kier molecular flexibility index (Phi) is 6.31. The first kappa shape index (κ1) is 15.5. The first-order valence-electron chi connectivity index (χ1n) is 6.38. The van der Waals surface area contributed by atoms with Crippen LogP contribution in [-0.2, 0) is 11.3 Å². The summed E-state index contributed by atoms with van der Waals surface area (Å²) >= 11 is 0. The lowest BCUT2D eigenvalue weighted by atomic mass is 10.3. The SMILES string of the molecule is CCn1cc(N)c(C(=O)NCCOCCN(C)C)n1. The quantitative estimate of drug-likeness (QED) is 0.638. The molecular weight excluding hydrogens is 246 g/mol. The van der Waals surface area contributed by atoms with Gasteiger partial charge in [0.05, 0.1) is 18.9 Å². The summed E-state index contributed by atoms with van der Waals surface area (Å²) in [5.74, 6) is -0.263. The number of amides is 1. The molecule has 7 nitrogen and oxygen atoms in total. The Balaban J connectivity index is 2.25. The summed E-state index contributed by atoms with van der Waals surface area (Å²) in [7, 11) is 3.97. The number of anilines is 1. The number of rotatable bonds is 8. The van der Waals surface area contributed by atoms with Crippen molar-refractivity contribution in [2.45, 2.75) is 13.5 Å². The van der Waals surface area contributed by atoms with Gasteiger partial charge >= 0.3 is 0 Å². The highest BCUT2D eigenvalue weighted by Crippen LogP contribution is 2.08. The minimum atomic E-state index is -0.263. The van der Waals surface area contributed by atoms with Gasteiger partial charge in [-0.05, 0) is 21.0 Å². The standard InChI is InChI=1S/C12H23N5O2/c1-4-17-9-10(13)11(15-17)12(18)14-5-7-19-8-6-16(2)3/h9H,4-8,13H2,1-3H3,(H,14,18). The van der Waals surface area contributed by atoms with E-state index in [1.807, 2.05) is 25.9 Å². The monoisotopic (exact) mass is 269 g/mol. The number of nitrogens with zero attached hydrogens (tertiary/aromatic N) is 3. The molecule has 1 aromatic rings. The average molecular weight is 269 g/mol. The second-order valence-electron chi connectivity index (χ2n) is 4.46. The molecule has 0 spiro atoms. The van der Waals surface area contributed by atoms with Crippen LogP contribution in [0.3, 0.4) is 0 Å². The van der Waals surface area contributed by atoms with Crippen LogP contribution in [0.4, 0.5) is 5.69 Å². The molecule has 0 fully saturated rings. The Hall–Kier alpha value is -1.60. The fraction of sp³-hybridized carbons (Fsp3) is 0.667. The van der Waals surface area contributed by atoms with Gasteiger partial charge in [0.25, 0.3) is 5.91 Å². The molecule has 108 valence electrons. The average Bonchev–Trinajstić information content (AvgIpc) is 2.74. The third-order valence-corrected chi connectivity index (χ3v) is 2.54. The van der Waals surface area contributed by atoms with Crippen molar-refractivity contribution in [3.63, 3.8) is 0 Å². The van der Waals surface area contributed by atoms with Gasteiger partial charge in [-0.3, -0.25) is 9.48 Å². The van der Waals surface area contributed by atoms with E-state index in [4.69, 9.17) is 10.5 Å². The highest BCUT2D eigenvalue weighted by Gasteiger charge is 2.13. The molecule has 0 saturated heterocycles. The summed E-state index contributed by atoms with van der Waals surface area (Å²) in [4.78, 5) is 13.8. The number of likely N-dealkylation sites (N-methyl/N-ethyl adjacent to an activating group) is 1. The van der Waals surface area contributed by atoms with Crippen LogP contribution < -0.4 is 11.1 Å². The Bertz CT molecular complexity index is 403. The lowest BCUT2D eigenvalue weighted by molar-refractivity contribution is 0.0896. The van der Waals surface area contributed by atoms with E-state index in [0.29, 0.717) is 32.0 Å². The number of carbonyl (C=O) groups is 1. The maximum Gasteiger partial charge on any atom is 0.274 e. The van der Waals surface area contributed by atoms with Crippen LogP contribution in [0, 0.1) is 0 Å². The zero-order valence-corrected chi connectivity index (χ0v) is 11.8. The highest BCUT2D eigenvalue weighted by atomic mass is 16.5. The number of hydrogen-bond acceptors (Lipinski definition) is 5. The molecule has 0 aliphatic rings. The number of nitrogens with two attached hydrogens (primary N) is 1. The normalized spacial score (nSPS) is 10.9. The summed E-state index contributed by atoms with van der Waals surface area (Å²) in [5, 5.41) is 6.83. The first-order valence-corrected chi connectivity index (χ1v) is 6.38. The predicted octanol–water partition coefficient (Wildman–Crippen LogP) is -0.207. The third-order valence-electron chi connectivity index (χ3n) is 2.54. The largest absolute Gasteiger partial charge is 0.396 e. The van der Waals surface area contributed by atoms with E-state index in [2.05, 4.69) is 10.4 Å². The van der Waals surface area contributed by atoms with Crippen LogP contribution in [0.1, 0.15) is 17.4 Å². The molecule has 0 radical (unpaired) electrons. The number of aryl methyl sites for hydroxylation is 1. The van der Waals surface area contributed by atoms with Crippen molar-refractivity contribution >= 4 is 11.6 Å². The maximum atomic E-state index is 11.8. The summed E-state index contributed by atoms with van der Waals surface area (Å²) in [5.41, 5.74) is 6.39. The Labute approximate surface area is 113 Å². The molecule has 1 heterocycles. The van der Waals surface area contributed by atoms with E-state index in [9.17, 15) is 4.79 Å². The van der Waals surface area contributed by atoms with E-state index < -0.39 is 0 Å². The Morgan fingerprint density at radius 2 is 2.26 bits per heavy atom. The lowest BCUT2D eigenvalue weighted by Crippen LogP contribution is -2.29. The maximum absolute atomic E-state index is 11.8. The highest BCUT2D eigenvalue weighted by molar-refractivity contribution is 5.96. The van der Waals surface area contributed by atoms with Crippen molar-refractivity contribution in [1.82, 2.24) is 20.0 Å². The number of ether oxygens (including phenoxy) is 1. The number of nitrogens with one attached hydrogen (secondary N) is 1. The lowest BCUT2D eigenvalue weighted by Gasteiger charge is -2.10. The van der Waals surface area contributed by atoms with Gasteiger partial charge in [0, 0.05) is 25.8 Å². The van der Waals surface area contributed by atoms with Gasteiger partial charge < -0.3 is 20.7 Å². The van der Waals surface area contributed by atoms with Gasteiger partial charge in [-0.15, -0.1) is 0 Å². The minimum absolute atomic E-state index is 0.263. The summed E-state index contributed by atoms with van der Waals surface area (Å²) in [6.07, 6.45) is 1.66. The van der Waals surface area contributed by atoms with E-state index in [-0.39, 0.29) is 11.6 Å². The van der Waals surface area contributed by atoms with Crippen molar-refractivity contribution in [2.24, 2.45) is 0 Å². The van der Waals surface area contributed by atoms with Crippen molar-refractivity contribution in [3.8, 4) is 0 Å². The molecule has 0 aliphatic carbocycles. The van der Waals surface area contributed by atoms with Crippen LogP contribution in [0.25, 0.3) is 0 Å². The fourth-order valence-corrected chi connectivity index (χ4v) is 1.44. The number of hydrogen-bond donors (Lipinski definition) is 2. The van der Waals surface area contributed by atoms with Gasteiger partial charge in [0.2, 0.25) is 0 Å². The second kappa shape index (κ2) is 7.75. The summed E-state index contributed by atoms with van der Waals surface area (Å²) in [6, 6.07) is 0. The number of aromatic nitrogens is 2. The van der Waals surface area contributed by atoms with Gasteiger partial charge in [0.15, 0.2) is 5.69 Å². The van der Waals surface area contributed by atoms with Crippen LogP contribution in [0.2, 0.25) is 0 Å².